The van der Waals surface area contributed by atoms with E-state index in [1.54, 1.807) is 18.2 Å². The number of benzene rings is 3. The van der Waals surface area contributed by atoms with Gasteiger partial charge in [-0.1, -0.05) is 23.7 Å². The van der Waals surface area contributed by atoms with Crippen LogP contribution in [-0.2, 0) is 11.0 Å². The first-order valence-electron chi connectivity index (χ1n) is 10.7. The minimum Gasteiger partial charge on any atom is -0.493 e. The van der Waals surface area contributed by atoms with Gasteiger partial charge in [0.15, 0.2) is 23.9 Å². The second kappa shape index (κ2) is 10.4. The molecule has 4 aromatic rings. The van der Waals surface area contributed by atoms with Crippen LogP contribution < -0.4 is 25.0 Å². The van der Waals surface area contributed by atoms with Crippen molar-refractivity contribution in [2.24, 2.45) is 0 Å². The highest BCUT2D eigenvalue weighted by Gasteiger charge is 2.33. The molecule has 7 nitrogen and oxygen atoms in total. The highest BCUT2D eigenvalue weighted by molar-refractivity contribution is 6.31. The average molecular weight is 534 g/mol. The van der Waals surface area contributed by atoms with E-state index in [-0.39, 0.29) is 27.5 Å². The topological polar surface area (TPSA) is 87.0 Å². The largest absolute Gasteiger partial charge is 0.493 e. The second-order valence-electron chi connectivity index (χ2n) is 7.68. The van der Waals surface area contributed by atoms with Gasteiger partial charge in [-0.2, -0.15) is 13.2 Å². The highest BCUT2D eigenvalue weighted by atomic mass is 35.5. The normalized spacial score (nSPS) is 11.3. The summed E-state index contributed by atoms with van der Waals surface area (Å²) in [5.41, 5.74) is -1.52. The van der Waals surface area contributed by atoms with Crippen molar-refractivity contribution in [1.29, 1.82) is 0 Å². The SMILES string of the molecule is COc1ccc(-c2oc3ccc(Cl)cc3c(=O)c2OCC(=O)Nc2ccccc2C(F)(F)F)cc1OC. The van der Waals surface area contributed by atoms with E-state index in [1.165, 1.54) is 44.6 Å². The third-order valence-electron chi connectivity index (χ3n) is 5.31. The molecule has 0 spiro atoms. The minimum atomic E-state index is -4.68. The Bertz CT molecular complexity index is 1530. The fourth-order valence-electron chi connectivity index (χ4n) is 3.61. The summed E-state index contributed by atoms with van der Waals surface area (Å²) in [6.45, 7) is -0.774. The van der Waals surface area contributed by atoms with E-state index in [1.807, 2.05) is 0 Å². The molecule has 1 aromatic heterocycles. The van der Waals surface area contributed by atoms with Gasteiger partial charge in [-0.05, 0) is 48.5 Å². The number of carbonyl (C=O) groups excluding carboxylic acids is 1. The zero-order valence-electron chi connectivity index (χ0n) is 19.4. The molecule has 0 atom stereocenters. The Kier molecular flexibility index (Phi) is 7.30. The monoisotopic (exact) mass is 533 g/mol. The number of hydrogen-bond donors (Lipinski definition) is 1. The van der Waals surface area contributed by atoms with Crippen LogP contribution in [0.4, 0.5) is 18.9 Å². The first kappa shape index (κ1) is 25.9. The van der Waals surface area contributed by atoms with Gasteiger partial charge in [0.05, 0.1) is 30.9 Å². The second-order valence-corrected chi connectivity index (χ2v) is 8.12. The molecule has 192 valence electrons. The Balaban J connectivity index is 1.72. The molecule has 0 aliphatic carbocycles. The number of nitrogens with one attached hydrogen (secondary N) is 1. The molecule has 0 fully saturated rings. The van der Waals surface area contributed by atoms with Crippen LogP contribution >= 0.6 is 11.6 Å². The zero-order valence-corrected chi connectivity index (χ0v) is 20.2. The van der Waals surface area contributed by atoms with Gasteiger partial charge in [-0.15, -0.1) is 0 Å². The summed E-state index contributed by atoms with van der Waals surface area (Å²) >= 11 is 6.03. The number of carbonyl (C=O) groups is 1. The van der Waals surface area contributed by atoms with Crippen LogP contribution in [0.3, 0.4) is 0 Å². The first-order chi connectivity index (χ1) is 17.6. The van der Waals surface area contributed by atoms with Crippen molar-refractivity contribution in [3.63, 3.8) is 0 Å². The summed E-state index contributed by atoms with van der Waals surface area (Å²) in [6, 6.07) is 13.7. The standard InChI is InChI=1S/C26H19ClF3NO6/c1-34-20-9-7-14(11-21(20)35-2)24-25(23(33)16-12-15(27)8-10-19(16)37-24)36-13-22(32)31-18-6-4-3-5-17(18)26(28,29)30/h3-12H,13H2,1-2H3,(H,31,32). The molecule has 0 aliphatic heterocycles. The Labute approximate surface area is 213 Å². The van der Waals surface area contributed by atoms with Crippen molar-refractivity contribution in [2.45, 2.75) is 6.18 Å². The number of para-hydroxylation sites is 1. The van der Waals surface area contributed by atoms with Gasteiger partial charge in [0, 0.05) is 10.6 Å². The van der Waals surface area contributed by atoms with Crippen molar-refractivity contribution in [3.05, 3.63) is 81.5 Å². The van der Waals surface area contributed by atoms with Crippen LogP contribution in [-0.4, -0.2) is 26.7 Å². The van der Waals surface area contributed by atoms with E-state index < -0.39 is 35.4 Å². The molecule has 1 N–H and O–H groups in total. The molecular formula is C26H19ClF3NO6. The molecule has 0 saturated heterocycles. The smallest absolute Gasteiger partial charge is 0.418 e. The maximum atomic E-state index is 13.3. The highest BCUT2D eigenvalue weighted by Crippen LogP contribution is 2.37. The third kappa shape index (κ3) is 5.49. The van der Waals surface area contributed by atoms with Crippen LogP contribution in [0, 0.1) is 0 Å². The van der Waals surface area contributed by atoms with Crippen molar-refractivity contribution in [3.8, 4) is 28.6 Å². The molecule has 0 radical (unpaired) electrons. The maximum absolute atomic E-state index is 13.3. The van der Waals surface area contributed by atoms with E-state index in [0.29, 0.717) is 17.1 Å². The van der Waals surface area contributed by atoms with Crippen LogP contribution in [0.25, 0.3) is 22.3 Å². The summed E-state index contributed by atoms with van der Waals surface area (Å²) < 4.78 is 61.9. The van der Waals surface area contributed by atoms with Gasteiger partial charge in [-0.3, -0.25) is 9.59 Å². The van der Waals surface area contributed by atoms with Gasteiger partial charge in [0.25, 0.3) is 5.91 Å². The zero-order chi connectivity index (χ0) is 26.7. The molecule has 1 heterocycles. The van der Waals surface area contributed by atoms with E-state index in [2.05, 4.69) is 5.32 Å². The van der Waals surface area contributed by atoms with Crippen molar-refractivity contribution >= 4 is 34.2 Å². The number of halogens is 4. The van der Waals surface area contributed by atoms with Gasteiger partial charge >= 0.3 is 6.18 Å². The molecular weight excluding hydrogens is 515 g/mol. The molecule has 1 amide bonds. The number of rotatable bonds is 7. The van der Waals surface area contributed by atoms with Gasteiger partial charge in [0.1, 0.15) is 5.58 Å². The van der Waals surface area contributed by atoms with Crippen LogP contribution in [0.15, 0.2) is 69.9 Å². The Morgan fingerprint density at radius 2 is 1.73 bits per heavy atom. The van der Waals surface area contributed by atoms with Gasteiger partial charge < -0.3 is 23.9 Å². The van der Waals surface area contributed by atoms with E-state index in [0.717, 1.165) is 12.1 Å². The molecule has 11 heteroatoms. The maximum Gasteiger partial charge on any atom is 0.418 e. The number of amides is 1. The minimum absolute atomic E-state index is 0.0238. The number of hydrogen-bond acceptors (Lipinski definition) is 6. The molecule has 0 saturated carbocycles. The Morgan fingerprint density at radius 3 is 2.43 bits per heavy atom. The fraction of sp³-hybridized carbons (Fsp3) is 0.154. The van der Waals surface area contributed by atoms with Gasteiger partial charge in [-0.25, -0.2) is 0 Å². The number of ether oxygens (including phenoxy) is 3. The van der Waals surface area contributed by atoms with E-state index >= 15 is 0 Å². The number of methoxy groups -OCH3 is 2. The molecule has 37 heavy (non-hydrogen) atoms. The van der Waals surface area contributed by atoms with Crippen molar-refractivity contribution < 1.29 is 36.6 Å². The quantitative estimate of drug-likeness (QED) is 0.306. The molecule has 0 aliphatic rings. The molecule has 3 aromatic carbocycles. The summed E-state index contributed by atoms with van der Waals surface area (Å²) in [6.07, 6.45) is -4.68. The summed E-state index contributed by atoms with van der Waals surface area (Å²) in [4.78, 5) is 25.9. The van der Waals surface area contributed by atoms with E-state index in [9.17, 15) is 22.8 Å². The van der Waals surface area contributed by atoms with Crippen LogP contribution in [0.2, 0.25) is 5.02 Å². The molecule has 0 unspecified atom stereocenters. The summed E-state index contributed by atoms with van der Waals surface area (Å²) in [7, 11) is 2.89. The lowest BCUT2D eigenvalue weighted by Crippen LogP contribution is -2.24. The predicted octanol–water partition coefficient (Wildman–Crippen LogP) is 6.17. The third-order valence-corrected chi connectivity index (χ3v) is 5.55. The molecule has 0 bridgehead atoms. The first-order valence-corrected chi connectivity index (χ1v) is 11.1. The lowest BCUT2D eigenvalue weighted by atomic mass is 10.1. The van der Waals surface area contributed by atoms with E-state index in [4.69, 9.17) is 30.2 Å². The lowest BCUT2D eigenvalue weighted by molar-refractivity contribution is -0.137. The van der Waals surface area contributed by atoms with Crippen molar-refractivity contribution in [1.82, 2.24) is 0 Å². The van der Waals surface area contributed by atoms with Crippen molar-refractivity contribution in [2.75, 3.05) is 26.1 Å². The number of anilines is 1. The predicted molar refractivity (Wildman–Crippen MR) is 132 cm³/mol. The summed E-state index contributed by atoms with van der Waals surface area (Å²) in [5.74, 6) is -0.510. The van der Waals surface area contributed by atoms with Gasteiger partial charge in [0.2, 0.25) is 11.2 Å². The average Bonchev–Trinajstić information content (AvgIpc) is 2.87. The Hall–Kier alpha value is -4.18. The van der Waals surface area contributed by atoms with Crippen LogP contribution in [0.1, 0.15) is 5.56 Å². The van der Waals surface area contributed by atoms with Crippen LogP contribution in [0.5, 0.6) is 17.2 Å². The number of alkyl halides is 3. The summed E-state index contributed by atoms with van der Waals surface area (Å²) in [5, 5.41) is 2.53. The number of fused-ring (bicyclic) bond motifs is 1. The fourth-order valence-corrected chi connectivity index (χ4v) is 3.78. The Morgan fingerprint density at radius 1 is 1.00 bits per heavy atom. The molecule has 4 rings (SSSR count). The lowest BCUT2D eigenvalue weighted by Gasteiger charge is -2.15.